The highest BCUT2D eigenvalue weighted by atomic mass is 32.1. The van der Waals surface area contributed by atoms with Gasteiger partial charge in [0.05, 0.1) is 12.8 Å². The van der Waals surface area contributed by atoms with E-state index < -0.39 is 0 Å². The number of hydrogen-bond acceptors (Lipinski definition) is 5. The highest BCUT2D eigenvalue weighted by Gasteiger charge is 2.17. The highest BCUT2D eigenvalue weighted by Crippen LogP contribution is 2.34. The number of ether oxygens (including phenoxy) is 1. The van der Waals surface area contributed by atoms with Gasteiger partial charge in [-0.3, -0.25) is 9.88 Å². The van der Waals surface area contributed by atoms with Crippen molar-refractivity contribution >= 4 is 39.7 Å². The van der Waals surface area contributed by atoms with Crippen molar-refractivity contribution in [2.75, 3.05) is 32.1 Å². The predicted molar refractivity (Wildman–Crippen MR) is 142 cm³/mol. The molecule has 2 heterocycles. The summed E-state index contributed by atoms with van der Waals surface area (Å²) in [5.41, 5.74) is 11.3. The number of methoxy groups -OCH3 is 1. The Morgan fingerprint density at radius 2 is 1.76 bits per heavy atom. The lowest BCUT2D eigenvalue weighted by atomic mass is 10.1. The molecule has 0 bridgehead atoms. The molecule has 0 fully saturated rings. The maximum Gasteiger partial charge on any atom is 0.175 e. The van der Waals surface area contributed by atoms with Crippen LogP contribution in [0.5, 0.6) is 5.75 Å². The van der Waals surface area contributed by atoms with Crippen LogP contribution in [0.1, 0.15) is 16.9 Å². The normalized spacial score (nSPS) is 11.2. The van der Waals surface area contributed by atoms with Gasteiger partial charge >= 0.3 is 0 Å². The first-order valence-electron chi connectivity index (χ1n) is 11.3. The summed E-state index contributed by atoms with van der Waals surface area (Å²) in [5, 5.41) is 1.35. The Kier molecular flexibility index (Phi) is 7.45. The van der Waals surface area contributed by atoms with Crippen molar-refractivity contribution in [3.63, 3.8) is 0 Å². The van der Waals surface area contributed by atoms with E-state index in [1.165, 1.54) is 11.1 Å². The van der Waals surface area contributed by atoms with Crippen LogP contribution in [0.3, 0.4) is 0 Å². The van der Waals surface area contributed by atoms with Crippen molar-refractivity contribution in [1.82, 2.24) is 9.88 Å². The van der Waals surface area contributed by atoms with Gasteiger partial charge in [-0.05, 0) is 87.1 Å². The lowest BCUT2D eigenvalue weighted by Gasteiger charge is -2.23. The van der Waals surface area contributed by atoms with E-state index >= 15 is 0 Å². The van der Waals surface area contributed by atoms with Crippen LogP contribution in [0.25, 0.3) is 11.0 Å². The quantitative estimate of drug-likeness (QED) is 0.333. The van der Waals surface area contributed by atoms with Gasteiger partial charge in [0.1, 0.15) is 17.1 Å². The summed E-state index contributed by atoms with van der Waals surface area (Å²) >= 11 is 5.40. The average molecular weight is 475 g/mol. The molecule has 4 aromatic rings. The number of nitrogens with two attached hydrogens (primary N) is 1. The van der Waals surface area contributed by atoms with Crippen molar-refractivity contribution < 1.29 is 9.15 Å². The van der Waals surface area contributed by atoms with Gasteiger partial charge in [0.2, 0.25) is 0 Å². The summed E-state index contributed by atoms with van der Waals surface area (Å²) in [6, 6.07) is 17.9. The summed E-state index contributed by atoms with van der Waals surface area (Å²) in [7, 11) is 3.80. The predicted octanol–water partition coefficient (Wildman–Crippen LogP) is 5.24. The fourth-order valence-electron chi connectivity index (χ4n) is 4.15. The number of aromatic nitrogens is 1. The number of likely N-dealkylation sites (N-methyl/N-ethyl adjacent to an activating group) is 1. The van der Waals surface area contributed by atoms with Crippen molar-refractivity contribution in [3.8, 4) is 5.75 Å². The summed E-state index contributed by atoms with van der Waals surface area (Å²) in [5.74, 6) is 1.69. The summed E-state index contributed by atoms with van der Waals surface area (Å²) in [6.07, 6.45) is 5.57. The third-order valence-electron chi connectivity index (χ3n) is 6.04. The zero-order chi connectivity index (χ0) is 24.1. The van der Waals surface area contributed by atoms with Gasteiger partial charge in [0.15, 0.2) is 5.11 Å². The minimum Gasteiger partial charge on any atom is -0.497 e. The number of fused-ring (bicyclic) bond motifs is 1. The first-order valence-corrected chi connectivity index (χ1v) is 11.7. The molecule has 0 radical (unpaired) electrons. The average Bonchev–Trinajstić information content (AvgIpc) is 3.16. The van der Waals surface area contributed by atoms with Gasteiger partial charge < -0.3 is 19.8 Å². The van der Waals surface area contributed by atoms with E-state index in [0.717, 1.165) is 59.8 Å². The van der Waals surface area contributed by atoms with Gasteiger partial charge in [-0.25, -0.2) is 0 Å². The van der Waals surface area contributed by atoms with E-state index in [-0.39, 0.29) is 5.11 Å². The second-order valence-electron chi connectivity index (χ2n) is 8.35. The van der Waals surface area contributed by atoms with Crippen molar-refractivity contribution in [2.45, 2.75) is 19.8 Å². The van der Waals surface area contributed by atoms with Crippen molar-refractivity contribution in [1.29, 1.82) is 0 Å². The Morgan fingerprint density at radius 1 is 1.03 bits per heavy atom. The minimum absolute atomic E-state index is 0.269. The number of anilines is 2. The van der Waals surface area contributed by atoms with Crippen LogP contribution in [0, 0.1) is 6.92 Å². The monoisotopic (exact) mass is 474 g/mol. The zero-order valence-corrected chi connectivity index (χ0v) is 20.6. The topological polar surface area (TPSA) is 67.8 Å². The number of thiocarbonyl (C=S) groups is 1. The van der Waals surface area contributed by atoms with Crippen LogP contribution in [-0.4, -0.2) is 42.2 Å². The molecule has 0 spiro atoms. The Morgan fingerprint density at radius 3 is 2.50 bits per heavy atom. The van der Waals surface area contributed by atoms with Crippen LogP contribution < -0.4 is 15.4 Å². The minimum atomic E-state index is 0.269. The fourth-order valence-corrected chi connectivity index (χ4v) is 4.36. The third-order valence-corrected chi connectivity index (χ3v) is 6.22. The Labute approximate surface area is 205 Å². The third kappa shape index (κ3) is 5.38. The zero-order valence-electron chi connectivity index (χ0n) is 19.8. The van der Waals surface area contributed by atoms with E-state index in [1.807, 2.05) is 60.6 Å². The van der Waals surface area contributed by atoms with E-state index in [2.05, 4.69) is 35.1 Å². The number of benzene rings is 2. The van der Waals surface area contributed by atoms with Crippen LogP contribution in [-0.2, 0) is 12.8 Å². The number of nitrogens with zero attached hydrogens (tertiary/aromatic N) is 3. The second kappa shape index (κ2) is 10.7. The highest BCUT2D eigenvalue weighted by molar-refractivity contribution is 7.80. The first-order chi connectivity index (χ1) is 16.5. The molecule has 0 amide bonds. The Balaban J connectivity index is 1.55. The van der Waals surface area contributed by atoms with Gasteiger partial charge in [-0.15, -0.1) is 0 Å². The smallest absolute Gasteiger partial charge is 0.175 e. The van der Waals surface area contributed by atoms with Gasteiger partial charge in [-0.2, -0.15) is 0 Å². The SMILES string of the molecule is COc1cccc(N(C(N)=S)c2ccc3oc(C)c(CCN(C)CCc4ccncc4)c3c2)c1. The van der Waals surface area contributed by atoms with Gasteiger partial charge in [0, 0.05) is 48.2 Å². The van der Waals surface area contributed by atoms with Gasteiger partial charge in [0.25, 0.3) is 0 Å². The van der Waals surface area contributed by atoms with Gasteiger partial charge in [-0.1, -0.05) is 6.07 Å². The lowest BCUT2D eigenvalue weighted by Crippen LogP contribution is -2.31. The van der Waals surface area contributed by atoms with Crippen LogP contribution in [0.2, 0.25) is 0 Å². The molecule has 2 N–H and O–H groups in total. The summed E-state index contributed by atoms with van der Waals surface area (Å²) in [4.78, 5) is 8.29. The van der Waals surface area contributed by atoms with Crippen LogP contribution in [0.15, 0.2) is 71.4 Å². The Hall–Kier alpha value is -3.42. The molecule has 4 rings (SSSR count). The number of pyridine rings is 1. The van der Waals surface area contributed by atoms with E-state index in [4.69, 9.17) is 27.1 Å². The number of aryl methyl sites for hydroxylation is 1. The molecule has 2 aromatic carbocycles. The number of rotatable bonds is 9. The van der Waals surface area contributed by atoms with Crippen LogP contribution >= 0.6 is 12.2 Å². The van der Waals surface area contributed by atoms with E-state index in [0.29, 0.717) is 0 Å². The summed E-state index contributed by atoms with van der Waals surface area (Å²) < 4.78 is 11.5. The molecule has 0 aliphatic rings. The maximum absolute atomic E-state index is 6.14. The second-order valence-corrected chi connectivity index (χ2v) is 8.77. The number of furan rings is 1. The Bertz CT molecular complexity index is 1270. The van der Waals surface area contributed by atoms with E-state index in [1.54, 1.807) is 7.11 Å². The molecule has 0 aliphatic heterocycles. The molecule has 0 aliphatic carbocycles. The largest absolute Gasteiger partial charge is 0.497 e. The number of hydrogen-bond donors (Lipinski definition) is 1. The fraction of sp³-hybridized carbons (Fsp3) is 0.259. The molecule has 6 nitrogen and oxygen atoms in total. The molecular formula is C27H30N4O2S. The van der Waals surface area contributed by atoms with Crippen molar-refractivity contribution in [2.24, 2.45) is 5.73 Å². The maximum atomic E-state index is 6.14. The lowest BCUT2D eigenvalue weighted by molar-refractivity contribution is 0.342. The molecular weight excluding hydrogens is 444 g/mol. The van der Waals surface area contributed by atoms with E-state index in [9.17, 15) is 0 Å². The molecule has 7 heteroatoms. The molecule has 0 unspecified atom stereocenters. The molecule has 176 valence electrons. The molecule has 34 heavy (non-hydrogen) atoms. The molecule has 0 saturated heterocycles. The van der Waals surface area contributed by atoms with Crippen molar-refractivity contribution in [3.05, 3.63) is 83.9 Å². The molecule has 2 aromatic heterocycles. The molecule has 0 saturated carbocycles. The molecule has 0 atom stereocenters. The standard InChI is InChI=1S/C27H30N4O2S/c1-19-24(12-16-30(2)15-11-20-9-13-29-14-10-20)25-18-22(7-8-26(25)33-19)31(27(28)34)21-5-4-6-23(17-21)32-3/h4-10,13-14,17-18H,11-12,15-16H2,1-3H3,(H2,28,34). The summed E-state index contributed by atoms with van der Waals surface area (Å²) in [6.45, 7) is 3.94. The first kappa shape index (κ1) is 23.7. The van der Waals surface area contributed by atoms with Crippen LogP contribution in [0.4, 0.5) is 11.4 Å².